The molecule has 0 aliphatic rings. The van der Waals surface area contributed by atoms with E-state index in [0.717, 1.165) is 12.1 Å². The zero-order valence-corrected chi connectivity index (χ0v) is 11.2. The molecule has 6 nitrogen and oxygen atoms in total. The summed E-state index contributed by atoms with van der Waals surface area (Å²) < 4.78 is 13.9. The van der Waals surface area contributed by atoms with Crippen molar-refractivity contribution >= 4 is 11.6 Å². The maximum Gasteiger partial charge on any atom is 0.270 e. The van der Waals surface area contributed by atoms with Gasteiger partial charge in [0.25, 0.3) is 11.6 Å². The van der Waals surface area contributed by atoms with Gasteiger partial charge in [-0.2, -0.15) is 0 Å². The second kappa shape index (κ2) is 6.08. The number of aromatic nitrogens is 1. The summed E-state index contributed by atoms with van der Waals surface area (Å²) in [5.41, 5.74) is -0.0184. The number of aryl methyl sites for hydroxylation is 1. The summed E-state index contributed by atoms with van der Waals surface area (Å²) in [7, 11) is 0. The number of nitrogens with zero attached hydrogens (tertiary/aromatic N) is 2. The molecule has 0 fully saturated rings. The molecule has 1 aromatic carbocycles. The van der Waals surface area contributed by atoms with Gasteiger partial charge in [0.1, 0.15) is 5.82 Å². The number of amides is 1. The Morgan fingerprint density at radius 3 is 2.81 bits per heavy atom. The van der Waals surface area contributed by atoms with Crippen molar-refractivity contribution in [1.29, 1.82) is 0 Å². The first-order valence-electron chi connectivity index (χ1n) is 6.11. The van der Waals surface area contributed by atoms with Crippen LogP contribution in [0.25, 0.3) is 0 Å². The lowest BCUT2D eigenvalue weighted by Crippen LogP contribution is -2.24. The number of pyridine rings is 1. The molecule has 0 saturated heterocycles. The summed E-state index contributed by atoms with van der Waals surface area (Å²) in [6.07, 6.45) is 1.57. The fourth-order valence-electron chi connectivity index (χ4n) is 1.79. The monoisotopic (exact) mass is 289 g/mol. The highest BCUT2D eigenvalue weighted by Gasteiger charge is 2.19. The predicted octanol–water partition coefficient (Wildman–Crippen LogP) is 2.37. The smallest absolute Gasteiger partial charge is 0.270 e. The molecule has 0 atom stereocenters. The Hall–Kier alpha value is -2.83. The zero-order chi connectivity index (χ0) is 15.4. The molecule has 0 saturated carbocycles. The summed E-state index contributed by atoms with van der Waals surface area (Å²) in [5, 5.41) is 13.2. The molecule has 7 heteroatoms. The highest BCUT2D eigenvalue weighted by molar-refractivity contribution is 5.95. The molecule has 0 aliphatic carbocycles. The Labute approximate surface area is 119 Å². The van der Waals surface area contributed by atoms with Crippen LogP contribution in [-0.2, 0) is 6.54 Å². The molecular formula is C14H12FN3O3. The molecule has 0 unspecified atom stereocenters. The van der Waals surface area contributed by atoms with Gasteiger partial charge in [0.15, 0.2) is 0 Å². The van der Waals surface area contributed by atoms with Crippen LogP contribution in [-0.4, -0.2) is 15.8 Å². The Balaban J connectivity index is 2.21. The minimum atomic E-state index is -0.765. The van der Waals surface area contributed by atoms with Crippen molar-refractivity contribution in [2.75, 3.05) is 0 Å². The van der Waals surface area contributed by atoms with Crippen LogP contribution in [0.4, 0.5) is 10.1 Å². The first-order valence-corrected chi connectivity index (χ1v) is 6.11. The van der Waals surface area contributed by atoms with Gasteiger partial charge in [0.05, 0.1) is 22.7 Å². The van der Waals surface area contributed by atoms with Crippen molar-refractivity contribution in [3.63, 3.8) is 0 Å². The number of nitro benzene ring substituents is 1. The number of halogens is 1. The molecule has 108 valence electrons. The van der Waals surface area contributed by atoms with Crippen molar-refractivity contribution in [3.8, 4) is 0 Å². The van der Waals surface area contributed by atoms with E-state index < -0.39 is 16.6 Å². The van der Waals surface area contributed by atoms with Crippen LogP contribution >= 0.6 is 0 Å². The SMILES string of the molecule is Cc1cc([N+](=O)[O-])cc(C(=O)NCc2ccccn2)c1F. The molecule has 1 N–H and O–H groups in total. The molecule has 0 bridgehead atoms. The van der Waals surface area contributed by atoms with Gasteiger partial charge in [-0.25, -0.2) is 4.39 Å². The van der Waals surface area contributed by atoms with Crippen molar-refractivity contribution in [1.82, 2.24) is 10.3 Å². The Morgan fingerprint density at radius 1 is 1.43 bits per heavy atom. The standard InChI is InChI=1S/C14H12FN3O3/c1-9-6-11(18(20)21)7-12(13(9)15)14(19)17-8-10-4-2-3-5-16-10/h2-7H,8H2,1H3,(H,17,19). The van der Waals surface area contributed by atoms with Crippen LogP contribution in [0.3, 0.4) is 0 Å². The zero-order valence-electron chi connectivity index (χ0n) is 11.2. The fraction of sp³-hybridized carbons (Fsp3) is 0.143. The van der Waals surface area contributed by atoms with Crippen LogP contribution in [0.15, 0.2) is 36.5 Å². The van der Waals surface area contributed by atoms with E-state index in [9.17, 15) is 19.3 Å². The molecule has 2 aromatic rings. The third kappa shape index (κ3) is 3.38. The van der Waals surface area contributed by atoms with Crippen LogP contribution in [0.1, 0.15) is 21.6 Å². The predicted molar refractivity (Wildman–Crippen MR) is 73.2 cm³/mol. The first-order chi connectivity index (χ1) is 9.99. The van der Waals surface area contributed by atoms with Gasteiger partial charge >= 0.3 is 0 Å². The van der Waals surface area contributed by atoms with Crippen molar-refractivity contribution in [3.05, 3.63) is 69.3 Å². The average Bonchev–Trinajstić information content (AvgIpc) is 2.48. The highest BCUT2D eigenvalue weighted by atomic mass is 19.1. The molecule has 1 heterocycles. The van der Waals surface area contributed by atoms with Gasteiger partial charge in [-0.15, -0.1) is 0 Å². The lowest BCUT2D eigenvalue weighted by Gasteiger charge is -2.07. The summed E-state index contributed by atoms with van der Waals surface area (Å²) in [5.74, 6) is -1.48. The number of rotatable bonds is 4. The minimum Gasteiger partial charge on any atom is -0.346 e. The summed E-state index contributed by atoms with van der Waals surface area (Å²) in [6.45, 7) is 1.48. The van der Waals surface area contributed by atoms with E-state index in [1.807, 2.05) is 0 Å². The van der Waals surface area contributed by atoms with Gasteiger partial charge in [0.2, 0.25) is 0 Å². The number of carbonyl (C=O) groups excluding carboxylic acids is 1. The maximum atomic E-state index is 13.9. The molecular weight excluding hydrogens is 277 g/mol. The Morgan fingerprint density at radius 2 is 2.19 bits per heavy atom. The third-order valence-electron chi connectivity index (χ3n) is 2.85. The average molecular weight is 289 g/mol. The summed E-state index contributed by atoms with van der Waals surface area (Å²) in [6, 6.07) is 7.21. The number of carbonyl (C=O) groups is 1. The molecule has 1 aromatic heterocycles. The largest absolute Gasteiger partial charge is 0.346 e. The van der Waals surface area contributed by atoms with E-state index in [2.05, 4.69) is 10.3 Å². The van der Waals surface area contributed by atoms with Crippen LogP contribution in [0.5, 0.6) is 0 Å². The third-order valence-corrected chi connectivity index (χ3v) is 2.85. The lowest BCUT2D eigenvalue weighted by molar-refractivity contribution is -0.385. The quantitative estimate of drug-likeness (QED) is 0.691. The summed E-state index contributed by atoms with van der Waals surface area (Å²) in [4.78, 5) is 26.1. The van der Waals surface area contributed by atoms with Gasteiger partial charge in [0, 0.05) is 18.3 Å². The van der Waals surface area contributed by atoms with E-state index in [1.165, 1.54) is 6.92 Å². The van der Waals surface area contributed by atoms with Crippen LogP contribution < -0.4 is 5.32 Å². The van der Waals surface area contributed by atoms with Crippen molar-refractivity contribution in [2.24, 2.45) is 0 Å². The molecule has 0 radical (unpaired) electrons. The Bertz CT molecular complexity index is 689. The number of nitro groups is 1. The second-order valence-corrected chi connectivity index (χ2v) is 4.39. The topological polar surface area (TPSA) is 85.1 Å². The highest BCUT2D eigenvalue weighted by Crippen LogP contribution is 2.21. The van der Waals surface area contributed by atoms with E-state index in [0.29, 0.717) is 5.69 Å². The maximum absolute atomic E-state index is 13.9. The Kier molecular flexibility index (Phi) is 4.22. The fourth-order valence-corrected chi connectivity index (χ4v) is 1.79. The number of hydrogen-bond donors (Lipinski definition) is 1. The molecule has 2 rings (SSSR count). The first kappa shape index (κ1) is 14.6. The number of benzene rings is 1. The normalized spacial score (nSPS) is 10.2. The second-order valence-electron chi connectivity index (χ2n) is 4.39. The van der Waals surface area contributed by atoms with E-state index in [1.54, 1.807) is 24.4 Å². The van der Waals surface area contributed by atoms with E-state index in [4.69, 9.17) is 0 Å². The van der Waals surface area contributed by atoms with Crippen LogP contribution in [0.2, 0.25) is 0 Å². The van der Waals surface area contributed by atoms with Crippen molar-refractivity contribution < 1.29 is 14.1 Å². The molecule has 21 heavy (non-hydrogen) atoms. The number of non-ortho nitro benzene ring substituents is 1. The van der Waals surface area contributed by atoms with Gasteiger partial charge in [-0.05, 0) is 24.6 Å². The molecule has 0 spiro atoms. The van der Waals surface area contributed by atoms with Crippen molar-refractivity contribution in [2.45, 2.75) is 13.5 Å². The summed E-state index contributed by atoms with van der Waals surface area (Å²) >= 11 is 0. The van der Waals surface area contributed by atoms with E-state index in [-0.39, 0.29) is 23.4 Å². The van der Waals surface area contributed by atoms with Gasteiger partial charge < -0.3 is 5.32 Å². The van der Waals surface area contributed by atoms with Gasteiger partial charge in [-0.1, -0.05) is 6.07 Å². The lowest BCUT2D eigenvalue weighted by atomic mass is 10.1. The van der Waals surface area contributed by atoms with Crippen LogP contribution in [0, 0.1) is 22.9 Å². The van der Waals surface area contributed by atoms with Gasteiger partial charge in [-0.3, -0.25) is 19.9 Å². The minimum absolute atomic E-state index is 0.0483. The van der Waals surface area contributed by atoms with E-state index >= 15 is 0 Å². The molecule has 0 aliphatic heterocycles. The number of hydrogen-bond acceptors (Lipinski definition) is 4. The number of nitrogens with one attached hydrogen (secondary N) is 1. The molecule has 1 amide bonds.